The van der Waals surface area contributed by atoms with E-state index in [0.29, 0.717) is 29.8 Å². The van der Waals surface area contributed by atoms with Gasteiger partial charge in [-0.15, -0.1) is 0 Å². The van der Waals surface area contributed by atoms with E-state index in [1.54, 1.807) is 6.07 Å². The Morgan fingerprint density at radius 1 is 0.519 bits per heavy atom. The molecule has 0 saturated heterocycles. The number of hydrogen-bond acceptors (Lipinski definition) is 2. The minimum atomic E-state index is -4.71. The Labute approximate surface area is 291 Å². The van der Waals surface area contributed by atoms with Crippen molar-refractivity contribution >= 4 is 0 Å². The summed E-state index contributed by atoms with van der Waals surface area (Å²) in [5.74, 6) is -12.8. The molecular weight excluding hydrogens is 709 g/mol. The van der Waals surface area contributed by atoms with Crippen LogP contribution in [-0.4, -0.2) is 6.61 Å². The molecule has 5 aromatic carbocycles. The van der Waals surface area contributed by atoms with Crippen LogP contribution in [0.3, 0.4) is 0 Å². The van der Waals surface area contributed by atoms with Gasteiger partial charge in [0.2, 0.25) is 0 Å². The average molecular weight is 739 g/mol. The fraction of sp³-hybridized carbons (Fsp3) is 0.231. The zero-order valence-corrected chi connectivity index (χ0v) is 27.3. The van der Waals surface area contributed by atoms with E-state index >= 15 is 17.6 Å². The maximum Gasteiger partial charge on any atom is 0.429 e. The molecule has 0 N–H and O–H groups in total. The predicted molar refractivity (Wildman–Crippen MR) is 171 cm³/mol. The molecule has 0 aromatic heterocycles. The van der Waals surface area contributed by atoms with E-state index in [2.05, 4.69) is 16.4 Å². The van der Waals surface area contributed by atoms with E-state index in [4.69, 9.17) is 0 Å². The Balaban J connectivity index is 1.27. The van der Waals surface area contributed by atoms with E-state index in [9.17, 15) is 30.7 Å². The summed E-state index contributed by atoms with van der Waals surface area (Å²) in [6.07, 6.45) is -5.76. The van der Waals surface area contributed by atoms with Gasteiger partial charge < -0.3 is 9.47 Å². The highest BCUT2D eigenvalue weighted by Gasteiger charge is 2.42. The van der Waals surface area contributed by atoms with Crippen LogP contribution in [0.2, 0.25) is 0 Å². The molecule has 0 saturated carbocycles. The third-order valence-corrected chi connectivity index (χ3v) is 8.19. The van der Waals surface area contributed by atoms with Crippen LogP contribution in [0.25, 0.3) is 22.3 Å². The van der Waals surface area contributed by atoms with Gasteiger partial charge in [0.1, 0.15) is 34.6 Å². The minimum absolute atomic E-state index is 0.00245. The highest BCUT2D eigenvalue weighted by Crippen LogP contribution is 2.40. The largest absolute Gasteiger partial charge is 0.429 e. The van der Waals surface area contributed by atoms with Crippen molar-refractivity contribution in [3.8, 4) is 28.0 Å². The third kappa shape index (κ3) is 8.75. The normalized spacial score (nSPS) is 12.0. The van der Waals surface area contributed by atoms with Crippen molar-refractivity contribution in [3.63, 3.8) is 0 Å². The Kier molecular flexibility index (Phi) is 11.6. The molecule has 0 unspecified atom stereocenters. The van der Waals surface area contributed by atoms with Crippen LogP contribution in [0.5, 0.6) is 5.75 Å². The summed E-state index contributed by atoms with van der Waals surface area (Å²) < 4.78 is 167. The highest BCUT2D eigenvalue weighted by molar-refractivity contribution is 5.71. The predicted octanol–water partition coefficient (Wildman–Crippen LogP) is 12.2. The molecule has 5 aromatic rings. The van der Waals surface area contributed by atoms with Crippen molar-refractivity contribution in [3.05, 3.63) is 148 Å². The number of ether oxygens (including phenoxy) is 2. The summed E-state index contributed by atoms with van der Waals surface area (Å²) in [7, 11) is 0. The molecule has 0 aliphatic rings. The maximum atomic E-state index is 15.2. The van der Waals surface area contributed by atoms with Gasteiger partial charge in [-0.05, 0) is 77.4 Å². The molecule has 5 rings (SSSR count). The summed E-state index contributed by atoms with van der Waals surface area (Å²) in [6, 6.07) is 15.0. The second-order valence-electron chi connectivity index (χ2n) is 11.9. The SMILES string of the molecule is CCCCCc1ccc(-c2ccc(-c3ccc(C(F)(F)Oc4cc(F)c(C(F)(F)OCCc5cc(F)c(F)c(F)c5)c(F)c4)c(F)c3)c(F)c2)cc1. The molecule has 2 nitrogen and oxygen atoms in total. The zero-order valence-electron chi connectivity index (χ0n) is 27.3. The monoisotopic (exact) mass is 738 g/mol. The number of rotatable bonds is 14. The summed E-state index contributed by atoms with van der Waals surface area (Å²) in [5.41, 5.74) is -1.51. The third-order valence-electron chi connectivity index (χ3n) is 8.19. The number of aryl methyl sites for hydroxylation is 1. The van der Waals surface area contributed by atoms with E-state index < -0.39 is 82.8 Å². The average Bonchev–Trinajstić information content (AvgIpc) is 3.06. The van der Waals surface area contributed by atoms with E-state index in [0.717, 1.165) is 42.9 Å². The van der Waals surface area contributed by atoms with Crippen molar-refractivity contribution in [2.24, 2.45) is 0 Å². The number of unbranched alkanes of at least 4 members (excludes halogenated alkanes) is 2. The molecule has 0 heterocycles. The van der Waals surface area contributed by atoms with Gasteiger partial charge in [0.15, 0.2) is 17.5 Å². The summed E-state index contributed by atoms with van der Waals surface area (Å²) in [5, 5.41) is 0. The van der Waals surface area contributed by atoms with Crippen LogP contribution in [0.15, 0.2) is 84.9 Å². The van der Waals surface area contributed by atoms with Gasteiger partial charge in [-0.3, -0.25) is 0 Å². The second-order valence-corrected chi connectivity index (χ2v) is 11.9. The summed E-state index contributed by atoms with van der Waals surface area (Å²) >= 11 is 0. The molecule has 0 fully saturated rings. The van der Waals surface area contributed by atoms with Crippen LogP contribution in [0, 0.1) is 40.7 Å². The standard InChI is InChI=1S/C39H29F11O2/c1-2-3-4-5-22-6-8-24(9-7-22)25-10-12-28(30(40)18-25)26-11-13-29(31(41)19-26)38(47,48)52-27-20-32(42)36(33(43)21-27)39(49,50)51-15-14-23-16-34(44)37(46)35(45)17-23/h6-13,16-21H,2-5,14-15H2,1H3. The molecule has 0 amide bonds. The molecule has 0 aliphatic carbocycles. The van der Waals surface area contributed by atoms with Gasteiger partial charge in [0.05, 0.1) is 12.2 Å². The number of hydrogen-bond donors (Lipinski definition) is 0. The molecular formula is C39H29F11O2. The van der Waals surface area contributed by atoms with Crippen molar-refractivity contribution < 1.29 is 57.8 Å². The first-order valence-electron chi connectivity index (χ1n) is 16.0. The van der Waals surface area contributed by atoms with Gasteiger partial charge in [-0.2, -0.15) is 17.6 Å². The lowest BCUT2D eigenvalue weighted by Gasteiger charge is -2.22. The first-order valence-corrected chi connectivity index (χ1v) is 16.0. The Morgan fingerprint density at radius 2 is 1.12 bits per heavy atom. The van der Waals surface area contributed by atoms with E-state index in [1.165, 1.54) is 12.1 Å². The number of benzene rings is 5. The maximum absolute atomic E-state index is 15.2. The molecule has 274 valence electrons. The number of halogens is 11. The molecule has 0 aliphatic heterocycles. The highest BCUT2D eigenvalue weighted by atomic mass is 19.3. The van der Waals surface area contributed by atoms with Crippen molar-refractivity contribution in [1.29, 1.82) is 0 Å². The van der Waals surface area contributed by atoms with Crippen molar-refractivity contribution in [2.45, 2.75) is 51.2 Å². The molecule has 0 bridgehead atoms. The van der Waals surface area contributed by atoms with Crippen LogP contribution in [0.4, 0.5) is 48.3 Å². The Hall–Kier alpha value is -4.91. The lowest BCUT2D eigenvalue weighted by Crippen LogP contribution is -2.25. The lowest BCUT2D eigenvalue weighted by molar-refractivity contribution is -0.251. The van der Waals surface area contributed by atoms with Crippen LogP contribution in [-0.2, 0) is 29.8 Å². The molecule has 0 radical (unpaired) electrons. The number of alkyl halides is 4. The second kappa shape index (κ2) is 15.8. The quantitative estimate of drug-likeness (QED) is 0.0642. The van der Waals surface area contributed by atoms with Crippen LogP contribution in [0.1, 0.15) is 48.4 Å². The smallest absolute Gasteiger partial charge is 0.429 e. The zero-order chi connectivity index (χ0) is 37.8. The van der Waals surface area contributed by atoms with Gasteiger partial charge in [-0.25, -0.2) is 30.7 Å². The first-order chi connectivity index (χ1) is 24.6. The summed E-state index contributed by atoms with van der Waals surface area (Å²) in [4.78, 5) is 0. The van der Waals surface area contributed by atoms with Crippen LogP contribution < -0.4 is 4.74 Å². The van der Waals surface area contributed by atoms with Crippen LogP contribution >= 0.6 is 0 Å². The van der Waals surface area contributed by atoms with Gasteiger partial charge in [-0.1, -0.05) is 62.2 Å². The fourth-order valence-electron chi connectivity index (χ4n) is 5.50. The van der Waals surface area contributed by atoms with Crippen molar-refractivity contribution in [1.82, 2.24) is 0 Å². The minimum Gasteiger partial charge on any atom is -0.429 e. The molecule has 52 heavy (non-hydrogen) atoms. The molecule has 0 spiro atoms. The van der Waals surface area contributed by atoms with E-state index in [-0.39, 0.29) is 28.8 Å². The van der Waals surface area contributed by atoms with Gasteiger partial charge >= 0.3 is 12.2 Å². The lowest BCUT2D eigenvalue weighted by atomic mass is 9.97. The Bertz CT molecular complexity index is 2000. The van der Waals surface area contributed by atoms with E-state index in [1.807, 2.05) is 24.3 Å². The van der Waals surface area contributed by atoms with Gasteiger partial charge in [0, 0.05) is 17.7 Å². The Morgan fingerprint density at radius 3 is 1.71 bits per heavy atom. The fourth-order valence-corrected chi connectivity index (χ4v) is 5.50. The molecule has 0 atom stereocenters. The van der Waals surface area contributed by atoms with Crippen molar-refractivity contribution in [2.75, 3.05) is 6.61 Å². The van der Waals surface area contributed by atoms with Gasteiger partial charge in [0.25, 0.3) is 0 Å². The first kappa shape index (κ1) is 38.3. The molecule has 13 heteroatoms. The topological polar surface area (TPSA) is 18.5 Å². The summed E-state index contributed by atoms with van der Waals surface area (Å²) in [6.45, 7) is 1.06.